The van der Waals surface area contributed by atoms with Gasteiger partial charge >= 0.3 is 0 Å². The summed E-state index contributed by atoms with van der Waals surface area (Å²) in [7, 11) is 0. The second-order valence-electron chi connectivity index (χ2n) is 27.0. The third kappa shape index (κ3) is 28.1. The van der Waals surface area contributed by atoms with E-state index in [9.17, 15) is 0 Å². The Balaban J connectivity index is 0.000000261. The van der Waals surface area contributed by atoms with E-state index in [2.05, 4.69) is 169 Å². The molecule has 0 spiro atoms. The topological polar surface area (TPSA) is 0 Å². The van der Waals surface area contributed by atoms with Crippen molar-refractivity contribution in [3.8, 4) is 0 Å². The van der Waals surface area contributed by atoms with Crippen LogP contribution in [0.4, 0.5) is 0 Å². The third-order valence-corrected chi connectivity index (χ3v) is 20.9. The van der Waals surface area contributed by atoms with Crippen LogP contribution in [0.3, 0.4) is 0 Å². The molecular weight excluding hydrogens is 1180 g/mol. The number of benzene rings is 8. The fourth-order valence-electron chi connectivity index (χ4n) is 14.3. The van der Waals surface area contributed by atoms with Gasteiger partial charge in [0, 0.05) is 9.80 Å². The average molecular weight is 1310 g/mol. The van der Waals surface area contributed by atoms with Crippen LogP contribution in [0.1, 0.15) is 323 Å². The molecule has 0 heterocycles. The lowest BCUT2D eigenvalue weighted by atomic mass is 9.86. The molecule has 0 N–H and O–H groups in total. The van der Waals surface area contributed by atoms with Crippen molar-refractivity contribution >= 4 is 96.5 Å². The summed E-state index contributed by atoms with van der Waals surface area (Å²) in [6.45, 7) is 9.23. The van der Waals surface area contributed by atoms with Gasteiger partial charge in [-0.05, 0) is 113 Å². The Kier molecular flexibility index (Phi) is 40.1. The molecule has 0 aliphatic carbocycles. The van der Waals surface area contributed by atoms with Crippen LogP contribution in [0.15, 0.2) is 114 Å². The molecule has 0 saturated carbocycles. The molecule has 0 aliphatic heterocycles. The SMILES string of the molecule is Brc1cc2ccc3cccc4ccc(c1)c2c34.C.CCCCCCCCCCCCCCC(CBr)CCCCCCCCCC.CCCCCCCCCCCCCCC(CCCCCCCCCC)Cc1cc2ccc3cccc4ccc(c1)c2c34. The summed E-state index contributed by atoms with van der Waals surface area (Å²) in [6, 6.07) is 40.9. The Bertz CT molecular complexity index is 2780. The molecule has 0 saturated heterocycles. The van der Waals surface area contributed by atoms with E-state index in [1.54, 1.807) is 5.56 Å². The van der Waals surface area contributed by atoms with Gasteiger partial charge in [-0.3, -0.25) is 0 Å². The Morgan fingerprint density at radius 1 is 0.264 bits per heavy atom. The summed E-state index contributed by atoms with van der Waals surface area (Å²) in [5, 5.41) is 17.8. The maximum Gasteiger partial charge on any atom is 0.0187 e. The number of unbranched alkanes of at least 4 members (excludes halogenated alkanes) is 36. The summed E-state index contributed by atoms with van der Waals surface area (Å²) in [5.74, 6) is 1.77. The Morgan fingerprint density at radius 2 is 0.483 bits per heavy atom. The van der Waals surface area contributed by atoms with E-state index in [0.29, 0.717) is 0 Å². The minimum Gasteiger partial charge on any atom is -0.0925 e. The van der Waals surface area contributed by atoms with E-state index in [-0.39, 0.29) is 7.43 Å². The summed E-state index contributed by atoms with van der Waals surface area (Å²) >= 11 is 7.34. The van der Waals surface area contributed by atoms with Gasteiger partial charge in [0.15, 0.2) is 0 Å². The first-order valence-corrected chi connectivity index (χ1v) is 38.9. The minimum absolute atomic E-state index is 0. The first-order valence-electron chi connectivity index (χ1n) is 37.0. The van der Waals surface area contributed by atoms with Gasteiger partial charge < -0.3 is 0 Å². The zero-order valence-corrected chi connectivity index (χ0v) is 59.0. The molecule has 0 aromatic heterocycles. The predicted molar refractivity (Wildman–Crippen MR) is 405 cm³/mol. The van der Waals surface area contributed by atoms with Crippen molar-refractivity contribution in [1.82, 2.24) is 0 Å². The zero-order chi connectivity index (χ0) is 60.5. The van der Waals surface area contributed by atoms with Gasteiger partial charge in [0.1, 0.15) is 0 Å². The molecular formula is C85H128Br2. The van der Waals surface area contributed by atoms with Crippen molar-refractivity contribution in [2.24, 2.45) is 11.8 Å². The van der Waals surface area contributed by atoms with Gasteiger partial charge in [0.05, 0.1) is 0 Å². The fourth-order valence-corrected chi connectivity index (χ4v) is 15.5. The van der Waals surface area contributed by atoms with Gasteiger partial charge in [-0.2, -0.15) is 0 Å². The quantitative estimate of drug-likeness (QED) is 0.0203. The predicted octanol–water partition coefficient (Wildman–Crippen LogP) is 31.0. The molecule has 482 valence electrons. The maximum atomic E-state index is 3.76. The molecule has 8 rings (SSSR count). The van der Waals surface area contributed by atoms with Crippen LogP contribution in [0.25, 0.3) is 64.6 Å². The molecule has 2 atom stereocenters. The number of alkyl halides is 1. The third-order valence-electron chi connectivity index (χ3n) is 19.6. The van der Waals surface area contributed by atoms with Crippen LogP contribution in [-0.2, 0) is 6.42 Å². The standard InChI is InChI=1S/C42H62.C26H53Br.C16H9Br.CH4/c1-3-5-7-9-11-13-14-15-16-18-20-22-25-35(24-21-19-17-12-10-8-6-4-2)32-36-33-39-30-28-37-26-23-27-38-29-31-40(34-36)42(39)41(37)38;1-3-5-7-9-11-13-14-15-16-18-20-22-24-26(25-27)23-21-19-17-12-10-8-6-4-2;17-14-8-12-6-4-10-2-1-3-11-5-7-13(9-14)16(12)15(10)11;/h23,26-31,33-35H,3-22,24-25,32H2,1-2H3;26H,3-25H2,1-2H3;1-9H;1H4. The highest BCUT2D eigenvalue weighted by molar-refractivity contribution is 9.10. The summed E-state index contributed by atoms with van der Waals surface area (Å²) in [5.41, 5.74) is 1.56. The van der Waals surface area contributed by atoms with Crippen molar-refractivity contribution in [3.05, 3.63) is 119 Å². The number of halogens is 2. The van der Waals surface area contributed by atoms with Crippen LogP contribution in [-0.4, -0.2) is 5.33 Å². The number of hydrogen-bond acceptors (Lipinski definition) is 0. The van der Waals surface area contributed by atoms with Gasteiger partial charge in [-0.15, -0.1) is 0 Å². The highest BCUT2D eigenvalue weighted by Crippen LogP contribution is 2.38. The minimum atomic E-state index is 0. The largest absolute Gasteiger partial charge is 0.0925 e. The van der Waals surface area contributed by atoms with E-state index in [0.717, 1.165) is 16.3 Å². The van der Waals surface area contributed by atoms with Gasteiger partial charge in [0.2, 0.25) is 0 Å². The number of rotatable bonds is 47. The first-order chi connectivity index (χ1) is 42.5. The lowest BCUT2D eigenvalue weighted by molar-refractivity contribution is 0.400. The monoisotopic (exact) mass is 1310 g/mol. The fraction of sp³-hybridized carbons (Fsp3) is 0.624. The van der Waals surface area contributed by atoms with Crippen LogP contribution >= 0.6 is 31.9 Å². The maximum absolute atomic E-state index is 3.76. The lowest BCUT2D eigenvalue weighted by Gasteiger charge is -2.19. The second-order valence-corrected chi connectivity index (χ2v) is 28.6. The van der Waals surface area contributed by atoms with Gasteiger partial charge in [0.25, 0.3) is 0 Å². The molecule has 0 aliphatic rings. The molecule has 0 bridgehead atoms. The van der Waals surface area contributed by atoms with E-state index < -0.39 is 0 Å². The Hall–Kier alpha value is -3.20. The van der Waals surface area contributed by atoms with Crippen molar-refractivity contribution in [2.45, 2.75) is 324 Å². The molecule has 2 unspecified atom stereocenters. The second kappa shape index (κ2) is 46.8. The smallest absolute Gasteiger partial charge is 0.0187 e. The lowest BCUT2D eigenvalue weighted by Crippen LogP contribution is -2.06. The Labute approximate surface area is 553 Å². The van der Waals surface area contributed by atoms with Crippen molar-refractivity contribution in [3.63, 3.8) is 0 Å². The molecule has 8 aromatic carbocycles. The van der Waals surface area contributed by atoms with Gasteiger partial charge in [-0.1, -0.05) is 434 Å². The highest BCUT2D eigenvalue weighted by Gasteiger charge is 2.15. The van der Waals surface area contributed by atoms with Crippen molar-refractivity contribution < 1.29 is 0 Å². The van der Waals surface area contributed by atoms with Crippen LogP contribution in [0.2, 0.25) is 0 Å². The summed E-state index contributed by atoms with van der Waals surface area (Å²) in [4.78, 5) is 0. The van der Waals surface area contributed by atoms with E-state index in [1.165, 1.54) is 359 Å². The van der Waals surface area contributed by atoms with E-state index >= 15 is 0 Å². The van der Waals surface area contributed by atoms with E-state index in [4.69, 9.17) is 0 Å². The first kappa shape index (κ1) is 74.5. The van der Waals surface area contributed by atoms with E-state index in [1.807, 2.05) is 0 Å². The molecule has 0 amide bonds. The van der Waals surface area contributed by atoms with Crippen LogP contribution in [0, 0.1) is 11.8 Å². The molecule has 0 fully saturated rings. The highest BCUT2D eigenvalue weighted by atomic mass is 79.9. The molecule has 8 aromatic rings. The average Bonchev–Trinajstić information content (AvgIpc) is 1.24. The number of hydrogen-bond donors (Lipinski definition) is 0. The molecule has 87 heavy (non-hydrogen) atoms. The molecule has 0 radical (unpaired) electrons. The summed E-state index contributed by atoms with van der Waals surface area (Å²) in [6.07, 6.45) is 64.8. The van der Waals surface area contributed by atoms with Gasteiger partial charge in [-0.25, -0.2) is 0 Å². The Morgan fingerprint density at radius 3 is 0.747 bits per heavy atom. The van der Waals surface area contributed by atoms with Crippen LogP contribution < -0.4 is 0 Å². The summed E-state index contributed by atoms with van der Waals surface area (Å²) < 4.78 is 1.14. The van der Waals surface area contributed by atoms with Crippen LogP contribution in [0.5, 0.6) is 0 Å². The normalized spacial score (nSPS) is 12.3. The molecule has 2 heteroatoms. The van der Waals surface area contributed by atoms with Crippen molar-refractivity contribution in [1.29, 1.82) is 0 Å². The molecule has 0 nitrogen and oxygen atoms in total. The zero-order valence-electron chi connectivity index (χ0n) is 55.8. The van der Waals surface area contributed by atoms with Crippen molar-refractivity contribution in [2.75, 3.05) is 5.33 Å².